The number of anilines is 1. The lowest BCUT2D eigenvalue weighted by Crippen LogP contribution is -2.32. The van der Waals surface area contributed by atoms with E-state index >= 15 is 0 Å². The van der Waals surface area contributed by atoms with Crippen LogP contribution in [0, 0.1) is 17.8 Å². The van der Waals surface area contributed by atoms with Crippen LogP contribution in [0.5, 0.6) is 0 Å². The first-order valence-electron chi connectivity index (χ1n) is 12.3. The SMILES string of the molecule is CCCOC1CCC(C(CCC(=O)Nc2ncc(SCC(=O)O)s2)C2CCCCC2)CC1. The Morgan fingerprint density at radius 1 is 1.19 bits per heavy atom. The van der Waals surface area contributed by atoms with Crippen molar-refractivity contribution >= 4 is 40.1 Å². The molecule has 6 nitrogen and oxygen atoms in total. The Labute approximate surface area is 200 Å². The van der Waals surface area contributed by atoms with E-state index in [1.54, 1.807) is 6.20 Å². The van der Waals surface area contributed by atoms with Crippen LogP contribution in [0.4, 0.5) is 5.13 Å². The third-order valence-corrected chi connectivity index (χ3v) is 9.00. The average Bonchev–Trinajstić information content (AvgIpc) is 3.25. The fourth-order valence-corrected chi connectivity index (χ4v) is 6.99. The number of ether oxygens (including phenoxy) is 1. The molecule has 0 spiro atoms. The lowest BCUT2D eigenvalue weighted by Gasteiger charge is -2.39. The maximum atomic E-state index is 12.7. The molecule has 1 aromatic heterocycles. The van der Waals surface area contributed by atoms with Gasteiger partial charge in [0.1, 0.15) is 0 Å². The number of nitrogens with one attached hydrogen (secondary N) is 1. The summed E-state index contributed by atoms with van der Waals surface area (Å²) in [6.07, 6.45) is 16.1. The second-order valence-electron chi connectivity index (χ2n) is 9.22. The van der Waals surface area contributed by atoms with Gasteiger partial charge in [-0.3, -0.25) is 9.59 Å². The van der Waals surface area contributed by atoms with Crippen LogP contribution in [0.15, 0.2) is 10.4 Å². The molecular weight excluding hydrogens is 444 g/mol. The van der Waals surface area contributed by atoms with Crippen molar-refractivity contribution in [1.29, 1.82) is 0 Å². The van der Waals surface area contributed by atoms with E-state index in [0.29, 0.717) is 29.5 Å². The Kier molecular flexibility index (Phi) is 10.8. The minimum absolute atomic E-state index is 0.00434. The van der Waals surface area contributed by atoms with E-state index in [4.69, 9.17) is 9.84 Å². The molecule has 2 aliphatic carbocycles. The molecule has 3 rings (SSSR count). The monoisotopic (exact) mass is 482 g/mol. The Bertz CT molecular complexity index is 713. The zero-order valence-electron chi connectivity index (χ0n) is 19.2. The third kappa shape index (κ3) is 8.34. The molecule has 2 fully saturated rings. The predicted molar refractivity (Wildman–Crippen MR) is 130 cm³/mol. The number of amides is 1. The molecular formula is C24H38N2O4S2. The fraction of sp³-hybridized carbons (Fsp3) is 0.792. The van der Waals surface area contributed by atoms with Gasteiger partial charge in [-0.15, -0.1) is 11.8 Å². The summed E-state index contributed by atoms with van der Waals surface area (Å²) < 4.78 is 6.81. The summed E-state index contributed by atoms with van der Waals surface area (Å²) in [5, 5.41) is 12.3. The second-order valence-corrected chi connectivity index (χ2v) is 11.5. The van der Waals surface area contributed by atoms with Crippen molar-refractivity contribution in [2.24, 2.45) is 17.8 Å². The van der Waals surface area contributed by atoms with Gasteiger partial charge in [0.15, 0.2) is 5.13 Å². The van der Waals surface area contributed by atoms with E-state index < -0.39 is 5.97 Å². The topological polar surface area (TPSA) is 88.5 Å². The van der Waals surface area contributed by atoms with Gasteiger partial charge in [0.25, 0.3) is 0 Å². The molecule has 1 heterocycles. The first-order valence-corrected chi connectivity index (χ1v) is 14.1. The molecule has 0 radical (unpaired) electrons. The van der Waals surface area contributed by atoms with E-state index in [0.717, 1.165) is 42.4 Å². The Balaban J connectivity index is 1.50. The number of hydrogen-bond acceptors (Lipinski definition) is 6. The molecule has 2 saturated carbocycles. The van der Waals surface area contributed by atoms with Gasteiger partial charge < -0.3 is 15.2 Å². The molecule has 0 aromatic carbocycles. The van der Waals surface area contributed by atoms with Gasteiger partial charge in [0.05, 0.1) is 22.3 Å². The van der Waals surface area contributed by atoms with Crippen LogP contribution in [0.25, 0.3) is 0 Å². The number of aliphatic carboxylic acids is 1. The van der Waals surface area contributed by atoms with Crippen molar-refractivity contribution in [1.82, 2.24) is 4.98 Å². The van der Waals surface area contributed by atoms with E-state index in [-0.39, 0.29) is 11.7 Å². The number of rotatable bonds is 12. The lowest BCUT2D eigenvalue weighted by atomic mass is 9.67. The van der Waals surface area contributed by atoms with Crippen LogP contribution in [0.2, 0.25) is 0 Å². The number of carbonyl (C=O) groups excluding carboxylic acids is 1. The van der Waals surface area contributed by atoms with Crippen molar-refractivity contribution in [2.75, 3.05) is 17.7 Å². The highest BCUT2D eigenvalue weighted by molar-refractivity contribution is 8.01. The molecule has 0 saturated heterocycles. The average molecular weight is 483 g/mol. The van der Waals surface area contributed by atoms with Crippen LogP contribution in [0.1, 0.15) is 84.0 Å². The largest absolute Gasteiger partial charge is 0.481 e. The summed E-state index contributed by atoms with van der Waals surface area (Å²) in [5.74, 6) is 1.28. The first kappa shape index (κ1) is 25.5. The van der Waals surface area contributed by atoms with Crippen LogP contribution in [0.3, 0.4) is 0 Å². The lowest BCUT2D eigenvalue weighted by molar-refractivity contribution is -0.133. The Hall–Kier alpha value is -1.12. The van der Waals surface area contributed by atoms with Gasteiger partial charge in [-0.25, -0.2) is 4.98 Å². The molecule has 1 amide bonds. The maximum absolute atomic E-state index is 12.7. The van der Waals surface area contributed by atoms with Crippen molar-refractivity contribution in [3.63, 3.8) is 0 Å². The zero-order chi connectivity index (χ0) is 22.8. The molecule has 2 aliphatic rings. The Morgan fingerprint density at radius 2 is 1.91 bits per heavy atom. The van der Waals surface area contributed by atoms with Crippen molar-refractivity contribution < 1.29 is 19.4 Å². The summed E-state index contributed by atoms with van der Waals surface area (Å²) >= 11 is 2.58. The number of hydrogen-bond donors (Lipinski definition) is 2. The molecule has 0 bridgehead atoms. The van der Waals surface area contributed by atoms with Gasteiger partial charge in [-0.05, 0) is 56.3 Å². The normalized spacial score (nSPS) is 23.0. The molecule has 1 atom stereocenters. The van der Waals surface area contributed by atoms with Gasteiger partial charge in [0.2, 0.25) is 5.91 Å². The highest BCUT2D eigenvalue weighted by atomic mass is 32.2. The fourth-order valence-electron chi connectivity index (χ4n) is 5.38. The van der Waals surface area contributed by atoms with Crippen LogP contribution >= 0.6 is 23.1 Å². The van der Waals surface area contributed by atoms with Crippen molar-refractivity contribution in [3.05, 3.63) is 6.20 Å². The number of thiazole rings is 1. The van der Waals surface area contributed by atoms with Gasteiger partial charge >= 0.3 is 5.97 Å². The number of aromatic nitrogens is 1. The summed E-state index contributed by atoms with van der Waals surface area (Å²) in [5.41, 5.74) is 0. The summed E-state index contributed by atoms with van der Waals surface area (Å²) in [6, 6.07) is 0. The molecule has 2 N–H and O–H groups in total. The molecule has 0 aliphatic heterocycles. The van der Waals surface area contributed by atoms with E-state index in [1.165, 1.54) is 68.0 Å². The molecule has 8 heteroatoms. The standard InChI is InChI=1S/C24H38N2O4S2/c1-2-14-30-19-10-8-18(9-11-19)20(17-6-4-3-5-7-17)12-13-21(27)26-24-25-15-23(32-24)31-16-22(28)29/h15,17-20H,2-14,16H2,1H3,(H,28,29)(H,25,26,27). The second kappa shape index (κ2) is 13.6. The van der Waals surface area contributed by atoms with Crippen LogP contribution in [-0.4, -0.2) is 40.4 Å². The highest BCUT2D eigenvalue weighted by Crippen LogP contribution is 2.42. The molecule has 180 valence electrons. The Morgan fingerprint density at radius 3 is 2.59 bits per heavy atom. The van der Waals surface area contributed by atoms with Crippen molar-refractivity contribution in [2.45, 2.75) is 94.3 Å². The zero-order valence-corrected chi connectivity index (χ0v) is 20.9. The number of carboxylic acids is 1. The molecule has 1 unspecified atom stereocenters. The van der Waals surface area contributed by atoms with Gasteiger partial charge in [0, 0.05) is 13.0 Å². The molecule has 32 heavy (non-hydrogen) atoms. The predicted octanol–water partition coefficient (Wildman–Crippen LogP) is 6.22. The van der Waals surface area contributed by atoms with E-state index in [1.807, 2.05) is 0 Å². The minimum Gasteiger partial charge on any atom is -0.481 e. The maximum Gasteiger partial charge on any atom is 0.313 e. The minimum atomic E-state index is -0.853. The van der Waals surface area contributed by atoms with E-state index in [2.05, 4.69) is 17.2 Å². The van der Waals surface area contributed by atoms with Crippen molar-refractivity contribution in [3.8, 4) is 0 Å². The number of carboxylic acid groups (broad SMARTS) is 1. The van der Waals surface area contributed by atoms with Gasteiger partial charge in [-0.1, -0.05) is 50.4 Å². The number of carbonyl (C=O) groups is 2. The van der Waals surface area contributed by atoms with Crippen LogP contribution < -0.4 is 5.32 Å². The third-order valence-electron chi connectivity index (χ3n) is 6.91. The first-order chi connectivity index (χ1) is 15.5. The summed E-state index contributed by atoms with van der Waals surface area (Å²) in [6.45, 7) is 3.03. The highest BCUT2D eigenvalue weighted by Gasteiger charge is 2.33. The molecule has 1 aromatic rings. The van der Waals surface area contributed by atoms with Crippen LogP contribution in [-0.2, 0) is 14.3 Å². The van der Waals surface area contributed by atoms with Gasteiger partial charge in [-0.2, -0.15) is 0 Å². The number of nitrogens with zero attached hydrogens (tertiary/aromatic N) is 1. The smallest absolute Gasteiger partial charge is 0.313 e. The van der Waals surface area contributed by atoms with E-state index in [9.17, 15) is 9.59 Å². The quantitative estimate of drug-likeness (QED) is 0.344. The summed E-state index contributed by atoms with van der Waals surface area (Å²) in [7, 11) is 0. The summed E-state index contributed by atoms with van der Waals surface area (Å²) in [4.78, 5) is 27.6. The number of thioether (sulfide) groups is 1.